The quantitative estimate of drug-likeness (QED) is 0.328. The van der Waals surface area contributed by atoms with Gasteiger partial charge in [0.1, 0.15) is 5.92 Å². The molecule has 1 saturated heterocycles. The molecule has 0 saturated carbocycles. The Morgan fingerprint density at radius 1 is 1.16 bits per heavy atom. The maximum atomic E-state index is 13.5. The minimum absolute atomic E-state index is 0.118. The van der Waals surface area contributed by atoms with Crippen LogP contribution < -0.4 is 10.6 Å². The van der Waals surface area contributed by atoms with E-state index in [0.717, 1.165) is 29.0 Å². The summed E-state index contributed by atoms with van der Waals surface area (Å²) in [4.78, 5) is 46.4. The Hall–Kier alpha value is -4.60. The van der Waals surface area contributed by atoms with E-state index >= 15 is 0 Å². The van der Waals surface area contributed by atoms with Crippen molar-refractivity contribution in [3.05, 3.63) is 89.0 Å². The Kier molecular flexibility index (Phi) is 7.12. The fraction of sp³-hybridized carbons (Fsp3) is 0.214. The lowest BCUT2D eigenvalue weighted by Gasteiger charge is -2.31. The zero-order valence-corrected chi connectivity index (χ0v) is 20.3. The molecule has 1 aromatic heterocycles. The first-order chi connectivity index (χ1) is 18.4. The predicted octanol–water partition coefficient (Wildman–Crippen LogP) is 3.75. The van der Waals surface area contributed by atoms with Crippen molar-refractivity contribution < 1.29 is 23.2 Å². The van der Waals surface area contributed by atoms with Crippen LogP contribution in [0.2, 0.25) is 0 Å². The first-order valence-corrected chi connectivity index (χ1v) is 12.2. The highest BCUT2D eigenvalue weighted by atomic mass is 19.2. The van der Waals surface area contributed by atoms with Crippen LogP contribution in [-0.2, 0) is 20.9 Å². The number of aromatic nitrogens is 2. The summed E-state index contributed by atoms with van der Waals surface area (Å²) in [6, 6.07) is 9.11. The highest BCUT2D eigenvalue weighted by Crippen LogP contribution is 2.33. The number of fused-ring (bicyclic) bond motifs is 1. The van der Waals surface area contributed by atoms with E-state index in [4.69, 9.17) is 0 Å². The number of halogens is 2. The molecule has 5 rings (SSSR count). The number of likely N-dealkylation sites (tertiary alicyclic amines) is 1. The Morgan fingerprint density at radius 3 is 2.82 bits per heavy atom. The van der Waals surface area contributed by atoms with Crippen LogP contribution in [0.1, 0.15) is 35.2 Å². The lowest BCUT2D eigenvalue weighted by molar-refractivity contribution is -0.145. The zero-order chi connectivity index (χ0) is 26.6. The standard InChI is InChI=1S/C28H25F2N5O3/c29-23-8-6-18(11-24(23)30)15-35-10-2-4-21(28(35)38)26(36)32-9-1-3-17-5-7-20-22(13-19-14-31-16-33-19)27(37)34-25(20)12-17/h1,3,5-8,11-14,16,21H,2,4,9-10,15H2,(H,31,33)(H,32,36)(H,34,37)/b3-1+,22-13?. The highest BCUT2D eigenvalue weighted by Gasteiger charge is 2.34. The minimum atomic E-state index is -0.968. The van der Waals surface area contributed by atoms with Crippen molar-refractivity contribution in [3.8, 4) is 0 Å². The van der Waals surface area contributed by atoms with Gasteiger partial charge in [0.25, 0.3) is 5.91 Å². The Bertz CT molecular complexity index is 1450. The predicted molar refractivity (Wildman–Crippen MR) is 138 cm³/mol. The normalized spacial score (nSPS) is 18.2. The number of rotatable bonds is 7. The average molecular weight is 518 g/mol. The number of hydrogen-bond donors (Lipinski definition) is 3. The van der Waals surface area contributed by atoms with Crippen LogP contribution in [-0.4, -0.2) is 45.7 Å². The number of carbonyl (C=O) groups is 3. The number of piperidine rings is 1. The van der Waals surface area contributed by atoms with Crippen LogP contribution in [0.5, 0.6) is 0 Å². The van der Waals surface area contributed by atoms with Crippen molar-refractivity contribution in [2.24, 2.45) is 5.92 Å². The molecular formula is C28H25F2N5O3. The molecule has 3 aromatic rings. The minimum Gasteiger partial charge on any atom is -0.352 e. The van der Waals surface area contributed by atoms with Gasteiger partial charge in [0.2, 0.25) is 11.8 Å². The largest absolute Gasteiger partial charge is 0.352 e. The summed E-state index contributed by atoms with van der Waals surface area (Å²) in [6.07, 6.45) is 9.58. The number of imidazole rings is 1. The number of carbonyl (C=O) groups excluding carboxylic acids is 3. The van der Waals surface area contributed by atoms with E-state index < -0.39 is 17.6 Å². The van der Waals surface area contributed by atoms with E-state index in [1.807, 2.05) is 24.3 Å². The first-order valence-electron chi connectivity index (χ1n) is 12.2. The number of amides is 3. The van der Waals surface area contributed by atoms with Crippen molar-refractivity contribution in [1.82, 2.24) is 20.2 Å². The molecule has 3 amide bonds. The van der Waals surface area contributed by atoms with Crippen LogP contribution >= 0.6 is 0 Å². The molecule has 3 N–H and O–H groups in total. The van der Waals surface area contributed by atoms with Gasteiger partial charge in [0, 0.05) is 30.9 Å². The van der Waals surface area contributed by atoms with E-state index in [1.54, 1.807) is 24.7 Å². The van der Waals surface area contributed by atoms with Gasteiger partial charge in [-0.3, -0.25) is 14.4 Å². The molecule has 1 atom stereocenters. The van der Waals surface area contributed by atoms with Crippen LogP contribution in [0, 0.1) is 17.6 Å². The van der Waals surface area contributed by atoms with Crippen molar-refractivity contribution in [3.63, 3.8) is 0 Å². The van der Waals surface area contributed by atoms with Crippen LogP contribution in [0.3, 0.4) is 0 Å². The second kappa shape index (κ2) is 10.8. The van der Waals surface area contributed by atoms with E-state index in [-0.39, 0.29) is 30.8 Å². The Morgan fingerprint density at radius 2 is 2.03 bits per heavy atom. The van der Waals surface area contributed by atoms with Gasteiger partial charge in [-0.25, -0.2) is 13.8 Å². The van der Waals surface area contributed by atoms with Crippen LogP contribution in [0.4, 0.5) is 14.5 Å². The van der Waals surface area contributed by atoms with Gasteiger partial charge in [-0.1, -0.05) is 30.4 Å². The van der Waals surface area contributed by atoms with E-state index in [0.29, 0.717) is 36.2 Å². The van der Waals surface area contributed by atoms with Gasteiger partial charge in [-0.2, -0.15) is 0 Å². The molecule has 0 bridgehead atoms. The third-order valence-electron chi connectivity index (χ3n) is 6.55. The third kappa shape index (κ3) is 5.39. The maximum absolute atomic E-state index is 13.5. The van der Waals surface area contributed by atoms with Crippen LogP contribution in [0.25, 0.3) is 17.7 Å². The summed E-state index contributed by atoms with van der Waals surface area (Å²) in [7, 11) is 0. The molecule has 10 heteroatoms. The lowest BCUT2D eigenvalue weighted by Crippen LogP contribution is -2.47. The molecule has 0 aliphatic carbocycles. The summed E-state index contributed by atoms with van der Waals surface area (Å²) < 4.78 is 26.7. The maximum Gasteiger partial charge on any atom is 0.256 e. The molecule has 2 aliphatic rings. The van der Waals surface area contributed by atoms with Crippen molar-refractivity contribution in [1.29, 1.82) is 0 Å². The van der Waals surface area contributed by atoms with Gasteiger partial charge in [0.15, 0.2) is 11.6 Å². The van der Waals surface area contributed by atoms with Crippen molar-refractivity contribution >= 4 is 41.1 Å². The summed E-state index contributed by atoms with van der Waals surface area (Å²) in [5, 5.41) is 5.63. The van der Waals surface area contributed by atoms with Gasteiger partial charge < -0.3 is 20.5 Å². The van der Waals surface area contributed by atoms with E-state index in [2.05, 4.69) is 20.6 Å². The Labute approximate surface area is 217 Å². The molecule has 2 aliphatic heterocycles. The summed E-state index contributed by atoms with van der Waals surface area (Å²) in [6.45, 7) is 0.794. The summed E-state index contributed by atoms with van der Waals surface area (Å²) in [5.74, 6) is -3.62. The van der Waals surface area contributed by atoms with Crippen molar-refractivity contribution in [2.75, 3.05) is 18.4 Å². The fourth-order valence-electron chi connectivity index (χ4n) is 4.64. The number of aromatic amines is 1. The number of H-pyrrole nitrogens is 1. The van der Waals surface area contributed by atoms with Gasteiger partial charge in [-0.05, 0) is 48.2 Å². The molecule has 2 aromatic carbocycles. The number of nitrogens with one attached hydrogen (secondary N) is 3. The molecule has 8 nitrogen and oxygen atoms in total. The van der Waals surface area contributed by atoms with Gasteiger partial charge in [-0.15, -0.1) is 0 Å². The molecular weight excluding hydrogens is 492 g/mol. The Balaban J connectivity index is 1.16. The van der Waals surface area contributed by atoms with Crippen molar-refractivity contribution in [2.45, 2.75) is 19.4 Å². The molecule has 1 fully saturated rings. The topological polar surface area (TPSA) is 107 Å². The average Bonchev–Trinajstić information content (AvgIpc) is 3.53. The van der Waals surface area contributed by atoms with E-state index in [1.165, 1.54) is 11.0 Å². The second-order valence-electron chi connectivity index (χ2n) is 9.17. The molecule has 1 unspecified atom stereocenters. The number of nitrogens with zero attached hydrogens (tertiary/aromatic N) is 2. The highest BCUT2D eigenvalue weighted by molar-refractivity contribution is 6.34. The van der Waals surface area contributed by atoms with E-state index in [9.17, 15) is 23.2 Å². The molecule has 38 heavy (non-hydrogen) atoms. The summed E-state index contributed by atoms with van der Waals surface area (Å²) in [5.41, 5.74) is 4.07. The van der Waals surface area contributed by atoms with Gasteiger partial charge in [0.05, 0.1) is 23.8 Å². The SMILES string of the molecule is O=C1Nc2cc(/C=C/CNC(=O)C3CCCN(Cc4ccc(F)c(F)c4)C3=O)ccc2C1=Cc1cnc[nH]1. The molecule has 3 heterocycles. The summed E-state index contributed by atoms with van der Waals surface area (Å²) >= 11 is 0. The number of anilines is 1. The number of benzene rings is 2. The lowest BCUT2D eigenvalue weighted by atomic mass is 9.95. The molecule has 194 valence electrons. The monoisotopic (exact) mass is 517 g/mol. The molecule has 0 spiro atoms. The molecule has 0 radical (unpaired) electrons. The van der Waals surface area contributed by atoms with Gasteiger partial charge >= 0.3 is 0 Å². The first kappa shape index (κ1) is 25.1. The number of hydrogen-bond acceptors (Lipinski definition) is 4. The smallest absolute Gasteiger partial charge is 0.256 e. The zero-order valence-electron chi connectivity index (χ0n) is 20.3. The second-order valence-corrected chi connectivity index (χ2v) is 9.17. The van der Waals surface area contributed by atoms with Crippen LogP contribution in [0.15, 0.2) is 55.0 Å². The third-order valence-corrected chi connectivity index (χ3v) is 6.55. The fourth-order valence-corrected chi connectivity index (χ4v) is 4.64.